The number of carbonyl (C=O) groups is 1. The molecule has 5 saturated carbocycles. The Labute approximate surface area is 255 Å². The molecule has 0 aromatic heterocycles. The third kappa shape index (κ3) is 4.34. The molecule has 1 heterocycles. The number of rotatable bonds is 7. The zero-order valence-electron chi connectivity index (χ0n) is 27.8. The molecule has 0 radical (unpaired) electrons. The summed E-state index contributed by atoms with van der Waals surface area (Å²) in [5, 5.41) is 18.7. The molecule has 1 aliphatic heterocycles. The van der Waals surface area contributed by atoms with E-state index in [1.165, 1.54) is 51.4 Å². The molecule has 240 valence electrons. The Morgan fingerprint density at radius 2 is 1.50 bits per heavy atom. The number of nitrogens with zero attached hydrogens (tertiary/aromatic N) is 1. The lowest BCUT2D eigenvalue weighted by molar-refractivity contribution is -0.254. The van der Waals surface area contributed by atoms with Crippen LogP contribution in [0.1, 0.15) is 113 Å². The van der Waals surface area contributed by atoms with Crippen molar-refractivity contribution in [2.24, 2.45) is 56.2 Å². The molecule has 0 amide bonds. The zero-order valence-corrected chi connectivity index (χ0v) is 27.8. The average Bonchev–Trinajstić information content (AvgIpc) is 3.25. The second-order valence-electron chi connectivity index (χ2n) is 17.8. The summed E-state index contributed by atoms with van der Waals surface area (Å²) in [5.74, 6) is 2.51. The molecule has 2 bridgehead atoms. The fourth-order valence-corrected chi connectivity index (χ4v) is 13.1. The molecule has 1 saturated heterocycles. The SMILES string of the molecule is CC1(C)CC[C@]23CC[C@]4(C)[C@H](CC[C@@H]5[C@@]6(C)CC[C@H](OC(=O)CN(CCO)CCO)C(C)(C)[C@@H]6CC[C@]54C)[C@H]2[C@H]1OC3. The molecule has 0 unspecified atom stereocenters. The van der Waals surface area contributed by atoms with E-state index in [1.807, 2.05) is 0 Å². The van der Waals surface area contributed by atoms with Gasteiger partial charge in [0.2, 0.25) is 0 Å². The molecule has 5 aliphatic carbocycles. The second kappa shape index (κ2) is 10.4. The smallest absolute Gasteiger partial charge is 0.320 e. The summed E-state index contributed by atoms with van der Waals surface area (Å²) in [6, 6.07) is 0. The molecule has 0 aromatic carbocycles. The monoisotopic (exact) mass is 587 g/mol. The van der Waals surface area contributed by atoms with E-state index in [9.17, 15) is 15.0 Å². The molecule has 6 rings (SSSR count). The van der Waals surface area contributed by atoms with Crippen molar-refractivity contribution in [2.45, 2.75) is 125 Å². The van der Waals surface area contributed by atoms with Crippen LogP contribution in [0.4, 0.5) is 0 Å². The van der Waals surface area contributed by atoms with Crippen molar-refractivity contribution in [3.63, 3.8) is 0 Å². The number of ether oxygens (including phenoxy) is 2. The Morgan fingerprint density at radius 1 is 0.810 bits per heavy atom. The van der Waals surface area contributed by atoms with Crippen LogP contribution in [0, 0.1) is 56.2 Å². The minimum atomic E-state index is -0.226. The molecule has 6 heteroatoms. The Morgan fingerprint density at radius 3 is 2.19 bits per heavy atom. The first-order chi connectivity index (χ1) is 19.7. The van der Waals surface area contributed by atoms with E-state index in [2.05, 4.69) is 48.5 Å². The number of hydrogen-bond acceptors (Lipinski definition) is 6. The number of fused-ring (bicyclic) bond motifs is 5. The summed E-state index contributed by atoms with van der Waals surface area (Å²) in [4.78, 5) is 14.8. The van der Waals surface area contributed by atoms with E-state index in [1.54, 1.807) is 4.90 Å². The van der Waals surface area contributed by atoms with Gasteiger partial charge in [-0.15, -0.1) is 0 Å². The summed E-state index contributed by atoms with van der Waals surface area (Å²) >= 11 is 0. The van der Waals surface area contributed by atoms with Gasteiger partial charge in [-0.25, -0.2) is 0 Å². The zero-order chi connectivity index (χ0) is 30.3. The summed E-state index contributed by atoms with van der Waals surface area (Å²) in [6.45, 7) is 19.5. The first-order valence-electron chi connectivity index (χ1n) is 17.4. The van der Waals surface area contributed by atoms with Crippen molar-refractivity contribution < 1.29 is 24.5 Å². The average molecular weight is 588 g/mol. The highest BCUT2D eigenvalue weighted by molar-refractivity contribution is 5.72. The van der Waals surface area contributed by atoms with Crippen molar-refractivity contribution in [2.75, 3.05) is 39.5 Å². The Hall–Kier alpha value is -0.690. The van der Waals surface area contributed by atoms with Gasteiger partial charge in [-0.2, -0.15) is 0 Å². The molecule has 0 aromatic rings. The standard InChI is InChI=1S/C36H61NO5/c1-31(2)14-16-36-17-15-34(6)24(29(36)30(31)41-23-36)8-9-26-33(5)12-11-27(32(3,4)25(33)10-13-35(26,34)7)42-28(40)22-37(18-20-38)19-21-39/h24-27,29-30,38-39H,8-23H2,1-7H3/t24-,25+,26-,27+,29+,30-,33+,34-,35-,36-/m1/s1. The second-order valence-corrected chi connectivity index (χ2v) is 17.8. The summed E-state index contributed by atoms with van der Waals surface area (Å²) in [5.41, 5.74) is 1.58. The number of aliphatic hydroxyl groups is 2. The van der Waals surface area contributed by atoms with Crippen LogP contribution in [0.25, 0.3) is 0 Å². The normalized spacial score (nSPS) is 48.5. The quantitative estimate of drug-likeness (QED) is 0.352. The van der Waals surface area contributed by atoms with Crippen LogP contribution < -0.4 is 0 Å². The van der Waals surface area contributed by atoms with Gasteiger partial charge in [0.15, 0.2) is 0 Å². The molecule has 6 nitrogen and oxygen atoms in total. The lowest BCUT2D eigenvalue weighted by Gasteiger charge is -2.73. The molecule has 6 fully saturated rings. The first-order valence-corrected chi connectivity index (χ1v) is 17.4. The maximum absolute atomic E-state index is 13.1. The van der Waals surface area contributed by atoms with Crippen LogP contribution in [-0.4, -0.2) is 72.7 Å². The van der Waals surface area contributed by atoms with Gasteiger partial charge < -0.3 is 19.7 Å². The third-order valence-electron chi connectivity index (χ3n) is 15.5. The van der Waals surface area contributed by atoms with Crippen molar-refractivity contribution >= 4 is 5.97 Å². The highest BCUT2D eigenvalue weighted by atomic mass is 16.5. The number of esters is 1. The third-order valence-corrected chi connectivity index (χ3v) is 15.5. The van der Waals surface area contributed by atoms with Gasteiger partial charge in [0.25, 0.3) is 0 Å². The lowest BCUT2D eigenvalue weighted by Crippen LogP contribution is -2.68. The van der Waals surface area contributed by atoms with Crippen molar-refractivity contribution in [1.29, 1.82) is 0 Å². The van der Waals surface area contributed by atoms with E-state index in [4.69, 9.17) is 9.47 Å². The van der Waals surface area contributed by atoms with Crippen LogP contribution in [0.15, 0.2) is 0 Å². The maximum Gasteiger partial charge on any atom is 0.320 e. The summed E-state index contributed by atoms with van der Waals surface area (Å²) in [6.07, 6.45) is 13.0. The fraction of sp³-hybridized carbons (Fsp3) is 0.972. The number of hydrogen-bond donors (Lipinski definition) is 2. The van der Waals surface area contributed by atoms with E-state index >= 15 is 0 Å². The lowest BCUT2D eigenvalue weighted by atomic mass is 9.31. The van der Waals surface area contributed by atoms with Crippen molar-refractivity contribution in [1.82, 2.24) is 4.90 Å². The molecular formula is C36H61NO5. The molecule has 10 atom stereocenters. The van der Waals surface area contributed by atoms with Crippen LogP contribution in [-0.2, 0) is 14.3 Å². The van der Waals surface area contributed by atoms with Crippen LogP contribution in [0.5, 0.6) is 0 Å². The largest absolute Gasteiger partial charge is 0.461 e. The Bertz CT molecular complexity index is 1040. The molecular weight excluding hydrogens is 526 g/mol. The van der Waals surface area contributed by atoms with E-state index in [0.29, 0.717) is 47.3 Å². The number of carbonyl (C=O) groups excluding carboxylic acids is 1. The van der Waals surface area contributed by atoms with E-state index in [-0.39, 0.29) is 48.1 Å². The Kier molecular flexibility index (Phi) is 7.77. The first kappa shape index (κ1) is 31.3. The molecule has 6 aliphatic rings. The van der Waals surface area contributed by atoms with E-state index < -0.39 is 0 Å². The van der Waals surface area contributed by atoms with Gasteiger partial charge in [0.05, 0.1) is 32.5 Å². The van der Waals surface area contributed by atoms with Gasteiger partial charge in [-0.1, -0.05) is 48.5 Å². The highest BCUT2D eigenvalue weighted by Crippen LogP contribution is 2.78. The van der Waals surface area contributed by atoms with Gasteiger partial charge in [0, 0.05) is 18.5 Å². The maximum atomic E-state index is 13.1. The van der Waals surface area contributed by atoms with Crippen LogP contribution in [0.2, 0.25) is 0 Å². The number of aliphatic hydroxyl groups excluding tert-OH is 2. The van der Waals surface area contributed by atoms with Gasteiger partial charge in [-0.3, -0.25) is 9.69 Å². The molecule has 0 spiro atoms. The summed E-state index contributed by atoms with van der Waals surface area (Å²) < 4.78 is 13.0. The summed E-state index contributed by atoms with van der Waals surface area (Å²) in [7, 11) is 0. The minimum absolute atomic E-state index is 0.0320. The highest BCUT2D eigenvalue weighted by Gasteiger charge is 2.72. The predicted molar refractivity (Wildman–Crippen MR) is 165 cm³/mol. The van der Waals surface area contributed by atoms with Crippen molar-refractivity contribution in [3.8, 4) is 0 Å². The Balaban J connectivity index is 1.22. The minimum Gasteiger partial charge on any atom is -0.461 e. The van der Waals surface area contributed by atoms with Crippen LogP contribution >= 0.6 is 0 Å². The molecule has 42 heavy (non-hydrogen) atoms. The van der Waals surface area contributed by atoms with Gasteiger partial charge in [-0.05, 0) is 115 Å². The van der Waals surface area contributed by atoms with E-state index in [0.717, 1.165) is 31.3 Å². The predicted octanol–water partition coefficient (Wildman–Crippen LogP) is 6.08. The fourth-order valence-electron chi connectivity index (χ4n) is 13.1. The van der Waals surface area contributed by atoms with Crippen LogP contribution in [0.3, 0.4) is 0 Å². The van der Waals surface area contributed by atoms with Gasteiger partial charge >= 0.3 is 5.97 Å². The van der Waals surface area contributed by atoms with Gasteiger partial charge in [0.1, 0.15) is 6.10 Å². The molecule has 2 N–H and O–H groups in total. The van der Waals surface area contributed by atoms with Crippen molar-refractivity contribution in [3.05, 3.63) is 0 Å². The topological polar surface area (TPSA) is 79.2 Å².